The number of fused-ring (bicyclic) bond motifs is 1. The average Bonchev–Trinajstić information content (AvgIpc) is 3.07. The van der Waals surface area contributed by atoms with Gasteiger partial charge in [0, 0.05) is 5.39 Å². The highest BCUT2D eigenvalue weighted by molar-refractivity contribution is 5.97. The summed E-state index contributed by atoms with van der Waals surface area (Å²) in [7, 11) is 1.57. The van der Waals surface area contributed by atoms with E-state index in [9.17, 15) is 4.79 Å². The topological polar surface area (TPSA) is 60.7 Å². The summed E-state index contributed by atoms with van der Waals surface area (Å²) in [4.78, 5) is 12.5. The molecule has 1 N–H and O–H groups in total. The molecule has 0 saturated heterocycles. The first-order valence-electron chi connectivity index (χ1n) is 8.22. The first kappa shape index (κ1) is 16.9. The number of hydrogen-bond acceptors (Lipinski definition) is 4. The van der Waals surface area contributed by atoms with Crippen LogP contribution < -0.4 is 14.8 Å². The molecule has 1 aromatic heterocycles. The van der Waals surface area contributed by atoms with Crippen LogP contribution >= 0.6 is 0 Å². The van der Waals surface area contributed by atoms with Crippen LogP contribution in [0.5, 0.6) is 11.5 Å². The Bertz CT molecular complexity index is 867. The fraction of sp³-hybridized carbons (Fsp3) is 0.250. The molecule has 3 rings (SSSR count). The van der Waals surface area contributed by atoms with Crippen LogP contribution in [-0.4, -0.2) is 19.6 Å². The monoisotopic (exact) mass is 339 g/mol. The van der Waals surface area contributed by atoms with Crippen LogP contribution in [-0.2, 0) is 0 Å². The van der Waals surface area contributed by atoms with Gasteiger partial charge in [-0.1, -0.05) is 24.3 Å². The van der Waals surface area contributed by atoms with Crippen LogP contribution in [0, 0.1) is 0 Å². The maximum absolute atomic E-state index is 12.5. The summed E-state index contributed by atoms with van der Waals surface area (Å²) in [5.74, 6) is 1.42. The molecule has 1 atom stereocenters. The number of nitrogens with one attached hydrogen (secondary N) is 1. The van der Waals surface area contributed by atoms with E-state index in [4.69, 9.17) is 13.9 Å². The van der Waals surface area contributed by atoms with Crippen molar-refractivity contribution in [2.45, 2.75) is 19.9 Å². The normalized spacial score (nSPS) is 12.0. The first-order chi connectivity index (χ1) is 12.1. The van der Waals surface area contributed by atoms with Gasteiger partial charge in [-0.15, -0.1) is 0 Å². The third-order valence-corrected chi connectivity index (χ3v) is 3.99. The highest BCUT2D eigenvalue weighted by Crippen LogP contribution is 2.28. The lowest BCUT2D eigenvalue weighted by Gasteiger charge is -2.14. The number of para-hydroxylation sites is 1. The molecular weight excluding hydrogens is 318 g/mol. The SMILES string of the molecule is CCOc1ccc(C(C)NC(=O)c2cc3cccc(OC)c3o2)cc1. The van der Waals surface area contributed by atoms with Crippen LogP contribution in [0.15, 0.2) is 52.9 Å². The number of rotatable bonds is 6. The van der Waals surface area contributed by atoms with Gasteiger partial charge >= 0.3 is 0 Å². The fourth-order valence-electron chi connectivity index (χ4n) is 2.68. The third-order valence-electron chi connectivity index (χ3n) is 3.99. The second kappa shape index (κ2) is 7.30. The van der Waals surface area contributed by atoms with Crippen molar-refractivity contribution < 1.29 is 18.7 Å². The van der Waals surface area contributed by atoms with Gasteiger partial charge in [-0.2, -0.15) is 0 Å². The zero-order chi connectivity index (χ0) is 17.8. The van der Waals surface area contributed by atoms with E-state index in [2.05, 4.69) is 5.32 Å². The van der Waals surface area contributed by atoms with Crippen molar-refractivity contribution >= 4 is 16.9 Å². The molecule has 0 saturated carbocycles. The maximum Gasteiger partial charge on any atom is 0.287 e. The number of amides is 1. The molecule has 1 amide bonds. The molecule has 2 aromatic carbocycles. The second-order valence-electron chi connectivity index (χ2n) is 5.69. The third kappa shape index (κ3) is 3.60. The van der Waals surface area contributed by atoms with Gasteiger partial charge in [0.1, 0.15) is 5.75 Å². The lowest BCUT2D eigenvalue weighted by Crippen LogP contribution is -2.26. The van der Waals surface area contributed by atoms with Gasteiger partial charge in [0.15, 0.2) is 17.1 Å². The molecule has 0 radical (unpaired) electrons. The van der Waals surface area contributed by atoms with Gasteiger partial charge in [-0.25, -0.2) is 0 Å². The van der Waals surface area contributed by atoms with E-state index in [1.54, 1.807) is 19.2 Å². The molecular formula is C20H21NO4. The molecule has 0 spiro atoms. The Labute approximate surface area is 146 Å². The Kier molecular flexibility index (Phi) is 4.93. The van der Waals surface area contributed by atoms with Gasteiger partial charge in [0.2, 0.25) is 0 Å². The Morgan fingerprint density at radius 1 is 1.20 bits per heavy atom. The van der Waals surface area contributed by atoms with Crippen molar-refractivity contribution in [2.24, 2.45) is 0 Å². The van der Waals surface area contributed by atoms with Gasteiger partial charge in [0.25, 0.3) is 5.91 Å². The average molecular weight is 339 g/mol. The van der Waals surface area contributed by atoms with Crippen molar-refractivity contribution in [3.63, 3.8) is 0 Å². The Morgan fingerprint density at radius 2 is 1.96 bits per heavy atom. The van der Waals surface area contributed by atoms with E-state index in [1.807, 2.05) is 50.2 Å². The molecule has 0 bridgehead atoms. The fourth-order valence-corrected chi connectivity index (χ4v) is 2.68. The summed E-state index contributed by atoms with van der Waals surface area (Å²) < 4.78 is 16.4. The van der Waals surface area contributed by atoms with E-state index in [0.29, 0.717) is 17.9 Å². The predicted octanol–water partition coefficient (Wildman–Crippen LogP) is 4.33. The molecule has 1 unspecified atom stereocenters. The zero-order valence-electron chi connectivity index (χ0n) is 14.5. The molecule has 5 heteroatoms. The van der Waals surface area contributed by atoms with E-state index >= 15 is 0 Å². The zero-order valence-corrected chi connectivity index (χ0v) is 14.5. The van der Waals surface area contributed by atoms with Crippen molar-refractivity contribution in [3.8, 4) is 11.5 Å². The van der Waals surface area contributed by atoms with E-state index < -0.39 is 0 Å². The number of furan rings is 1. The van der Waals surface area contributed by atoms with Crippen LogP contribution in [0.2, 0.25) is 0 Å². The molecule has 130 valence electrons. The highest BCUT2D eigenvalue weighted by Gasteiger charge is 2.17. The van der Waals surface area contributed by atoms with E-state index in [0.717, 1.165) is 16.7 Å². The molecule has 0 aliphatic heterocycles. The van der Waals surface area contributed by atoms with Crippen LogP contribution in [0.1, 0.15) is 36.0 Å². The molecule has 25 heavy (non-hydrogen) atoms. The van der Waals surface area contributed by atoms with Gasteiger partial charge in [-0.05, 0) is 43.7 Å². The van der Waals surface area contributed by atoms with Gasteiger partial charge in [0.05, 0.1) is 19.8 Å². The summed E-state index contributed by atoms with van der Waals surface area (Å²) in [6, 6.07) is 14.8. The van der Waals surface area contributed by atoms with Crippen LogP contribution in [0.4, 0.5) is 0 Å². The molecule has 3 aromatic rings. The molecule has 0 aliphatic carbocycles. The Balaban J connectivity index is 1.75. The molecule has 0 aliphatic rings. The minimum atomic E-state index is -0.264. The number of hydrogen-bond donors (Lipinski definition) is 1. The van der Waals surface area contributed by atoms with Crippen LogP contribution in [0.3, 0.4) is 0 Å². The minimum Gasteiger partial charge on any atom is -0.494 e. The largest absolute Gasteiger partial charge is 0.494 e. The Morgan fingerprint density at radius 3 is 2.64 bits per heavy atom. The number of benzene rings is 2. The smallest absolute Gasteiger partial charge is 0.287 e. The van der Waals surface area contributed by atoms with Gasteiger partial charge < -0.3 is 19.2 Å². The summed E-state index contributed by atoms with van der Waals surface area (Å²) in [5.41, 5.74) is 1.56. The van der Waals surface area contributed by atoms with Crippen molar-refractivity contribution in [2.75, 3.05) is 13.7 Å². The predicted molar refractivity (Wildman–Crippen MR) is 96.3 cm³/mol. The van der Waals surface area contributed by atoms with Gasteiger partial charge in [-0.3, -0.25) is 4.79 Å². The lowest BCUT2D eigenvalue weighted by molar-refractivity contribution is 0.0914. The molecule has 5 nitrogen and oxygen atoms in total. The number of carbonyl (C=O) groups is 1. The highest BCUT2D eigenvalue weighted by atomic mass is 16.5. The van der Waals surface area contributed by atoms with E-state index in [-0.39, 0.29) is 17.7 Å². The molecule has 1 heterocycles. The summed E-state index contributed by atoms with van der Waals surface area (Å²) in [6.45, 7) is 4.50. The van der Waals surface area contributed by atoms with E-state index in [1.165, 1.54) is 0 Å². The van der Waals surface area contributed by atoms with Crippen molar-refractivity contribution in [3.05, 3.63) is 59.9 Å². The summed E-state index contributed by atoms with van der Waals surface area (Å²) in [5, 5.41) is 3.78. The number of ether oxygens (including phenoxy) is 2. The van der Waals surface area contributed by atoms with Crippen molar-refractivity contribution in [1.82, 2.24) is 5.32 Å². The summed E-state index contributed by atoms with van der Waals surface area (Å²) >= 11 is 0. The van der Waals surface area contributed by atoms with Crippen molar-refractivity contribution in [1.29, 1.82) is 0 Å². The summed E-state index contributed by atoms with van der Waals surface area (Å²) in [6.07, 6.45) is 0. The number of carbonyl (C=O) groups excluding carboxylic acids is 1. The Hall–Kier alpha value is -2.95. The van der Waals surface area contributed by atoms with Crippen LogP contribution in [0.25, 0.3) is 11.0 Å². The number of methoxy groups -OCH3 is 1. The minimum absolute atomic E-state index is 0.154. The molecule has 0 fully saturated rings. The maximum atomic E-state index is 12.5. The lowest BCUT2D eigenvalue weighted by atomic mass is 10.1. The second-order valence-corrected chi connectivity index (χ2v) is 5.69. The standard InChI is InChI=1S/C20H21NO4/c1-4-24-16-10-8-14(9-11-16)13(2)21-20(22)18-12-15-6-5-7-17(23-3)19(15)25-18/h5-13H,4H2,1-3H3,(H,21,22). The first-order valence-corrected chi connectivity index (χ1v) is 8.22. The quantitative estimate of drug-likeness (QED) is 0.726.